The fourth-order valence-corrected chi connectivity index (χ4v) is 1.42. The van der Waals surface area contributed by atoms with Gasteiger partial charge in [-0.2, -0.15) is 11.8 Å². The van der Waals surface area contributed by atoms with Crippen molar-refractivity contribution < 1.29 is 19.3 Å². The molecule has 0 aliphatic carbocycles. The van der Waals surface area contributed by atoms with Crippen LogP contribution in [0.15, 0.2) is 72.9 Å². The van der Waals surface area contributed by atoms with Crippen LogP contribution in [0.3, 0.4) is 0 Å². The highest BCUT2D eigenvalue weighted by molar-refractivity contribution is 5.94. The predicted molar refractivity (Wildman–Crippen MR) is 84.6 cm³/mol. The van der Waals surface area contributed by atoms with E-state index >= 15 is 0 Å². The lowest BCUT2D eigenvalue weighted by Gasteiger charge is -2.16. The van der Waals surface area contributed by atoms with Crippen LogP contribution in [-0.4, -0.2) is 11.9 Å². The molecule has 0 aliphatic heterocycles. The van der Waals surface area contributed by atoms with Crippen molar-refractivity contribution in [2.24, 2.45) is 11.8 Å². The molecule has 0 spiro atoms. The Labute approximate surface area is 129 Å². The topological polar surface area (TPSA) is 105 Å². The van der Waals surface area contributed by atoms with E-state index < -0.39 is 11.9 Å². The van der Waals surface area contributed by atoms with Crippen LogP contribution in [0.2, 0.25) is 0 Å². The molecule has 0 aromatic rings. The Morgan fingerprint density at radius 2 is 1.14 bits per heavy atom. The average molecular weight is 304 g/mol. The van der Waals surface area contributed by atoms with Crippen molar-refractivity contribution in [3.63, 3.8) is 0 Å². The Morgan fingerprint density at radius 1 is 0.682 bits per heavy atom. The molecule has 22 heavy (non-hydrogen) atoms. The van der Waals surface area contributed by atoms with Gasteiger partial charge < -0.3 is 9.68 Å². The van der Waals surface area contributed by atoms with E-state index in [-0.39, 0.29) is 17.6 Å². The number of nitrogens with two attached hydrogens (primary N) is 2. The number of rotatable bonds is 9. The highest BCUT2D eigenvalue weighted by atomic mass is 16.7. The summed E-state index contributed by atoms with van der Waals surface area (Å²) in [6.07, 6.45) is 0.348. The molecular formula is C16H20N2O4. The highest BCUT2D eigenvalue weighted by Gasteiger charge is 2.18. The third kappa shape index (κ3) is 5.01. The number of allylic oxidation sites excluding steroid dienone is 4. The summed E-state index contributed by atoms with van der Waals surface area (Å²) in [7, 11) is 0. The van der Waals surface area contributed by atoms with Crippen LogP contribution in [0.1, 0.15) is 12.8 Å². The number of carbonyl (C=O) groups excluding carboxylic acids is 2. The third-order valence-corrected chi connectivity index (χ3v) is 3.00. The SMILES string of the molecule is C=C(CCC(=O)ON)C(=C)C(=C)C(=C)C(=C)C(=C)C(=O)ON. The lowest BCUT2D eigenvalue weighted by atomic mass is 9.88. The third-order valence-electron chi connectivity index (χ3n) is 3.00. The molecule has 6 heteroatoms. The van der Waals surface area contributed by atoms with Crippen LogP contribution in [0.5, 0.6) is 0 Å². The molecule has 0 rings (SSSR count). The van der Waals surface area contributed by atoms with Crippen molar-refractivity contribution in [1.82, 2.24) is 0 Å². The minimum atomic E-state index is -0.825. The van der Waals surface area contributed by atoms with E-state index in [0.717, 1.165) is 0 Å². The summed E-state index contributed by atoms with van der Waals surface area (Å²) in [5.41, 5.74) is 1.93. The van der Waals surface area contributed by atoms with Gasteiger partial charge in [-0.1, -0.05) is 39.5 Å². The van der Waals surface area contributed by atoms with E-state index in [1.165, 1.54) is 0 Å². The quantitative estimate of drug-likeness (QED) is 0.383. The Balaban J connectivity index is 4.85. The fourth-order valence-electron chi connectivity index (χ4n) is 1.42. The van der Waals surface area contributed by atoms with Crippen LogP contribution < -0.4 is 11.8 Å². The molecule has 0 radical (unpaired) electrons. The van der Waals surface area contributed by atoms with E-state index in [0.29, 0.717) is 28.7 Å². The molecule has 0 atom stereocenters. The first-order chi connectivity index (χ1) is 10.2. The van der Waals surface area contributed by atoms with Gasteiger partial charge in [-0.15, -0.1) is 0 Å². The standard InChI is InChI=1S/C16H20N2O4/c1-9(7-8-15(19)21-17)10(2)11(3)12(4)13(5)14(6)16(20)22-18/h1-8,17-18H2. The molecule has 0 saturated carbocycles. The van der Waals surface area contributed by atoms with E-state index in [9.17, 15) is 9.59 Å². The van der Waals surface area contributed by atoms with E-state index in [1.807, 2.05) is 0 Å². The molecule has 0 saturated heterocycles. The second-order valence-corrected chi connectivity index (χ2v) is 4.39. The molecule has 0 heterocycles. The van der Waals surface area contributed by atoms with Crippen LogP contribution in [0, 0.1) is 0 Å². The maximum absolute atomic E-state index is 11.3. The molecule has 6 nitrogen and oxygen atoms in total. The molecule has 0 bridgehead atoms. The molecule has 0 aromatic carbocycles. The van der Waals surface area contributed by atoms with Crippen molar-refractivity contribution in [1.29, 1.82) is 0 Å². The van der Waals surface area contributed by atoms with Gasteiger partial charge in [-0.05, 0) is 34.3 Å². The van der Waals surface area contributed by atoms with Crippen LogP contribution in [-0.2, 0) is 19.3 Å². The van der Waals surface area contributed by atoms with E-state index in [4.69, 9.17) is 11.8 Å². The first-order valence-electron chi connectivity index (χ1n) is 6.12. The second kappa shape index (κ2) is 8.56. The lowest BCUT2D eigenvalue weighted by Crippen LogP contribution is -2.14. The zero-order chi connectivity index (χ0) is 17.4. The minimum Gasteiger partial charge on any atom is -0.373 e. The molecule has 0 fully saturated rings. The average Bonchev–Trinajstić information content (AvgIpc) is 2.54. The van der Waals surface area contributed by atoms with Gasteiger partial charge in [0.15, 0.2) is 0 Å². The van der Waals surface area contributed by atoms with Gasteiger partial charge in [0, 0.05) is 0 Å². The number of hydrogen-bond acceptors (Lipinski definition) is 6. The second-order valence-electron chi connectivity index (χ2n) is 4.39. The molecule has 0 unspecified atom stereocenters. The first kappa shape index (κ1) is 19.3. The minimum absolute atomic E-state index is 0.0428. The Bertz CT molecular complexity index is 585. The van der Waals surface area contributed by atoms with Crippen molar-refractivity contribution >= 4 is 11.9 Å². The Kier molecular flexibility index (Phi) is 7.51. The molecule has 118 valence electrons. The summed E-state index contributed by atoms with van der Waals surface area (Å²) >= 11 is 0. The molecule has 0 aromatic heterocycles. The normalized spacial score (nSPS) is 9.36. The fraction of sp³-hybridized carbons (Fsp3) is 0.125. The number of carbonyl (C=O) groups is 2. The van der Waals surface area contributed by atoms with Crippen molar-refractivity contribution in [2.45, 2.75) is 12.8 Å². The van der Waals surface area contributed by atoms with Crippen LogP contribution in [0.25, 0.3) is 0 Å². The largest absolute Gasteiger partial charge is 0.373 e. The van der Waals surface area contributed by atoms with Crippen LogP contribution >= 0.6 is 0 Å². The van der Waals surface area contributed by atoms with Crippen molar-refractivity contribution in [2.75, 3.05) is 0 Å². The van der Waals surface area contributed by atoms with Crippen molar-refractivity contribution in [3.8, 4) is 0 Å². The van der Waals surface area contributed by atoms with Gasteiger partial charge in [-0.3, -0.25) is 4.79 Å². The summed E-state index contributed by atoms with van der Waals surface area (Å²) in [6, 6.07) is 0. The summed E-state index contributed by atoms with van der Waals surface area (Å²) in [4.78, 5) is 30.4. The Hall–Kier alpha value is -2.70. The predicted octanol–water partition coefficient (Wildman–Crippen LogP) is 1.94. The molecule has 4 N–H and O–H groups in total. The van der Waals surface area contributed by atoms with Gasteiger partial charge in [0.2, 0.25) is 0 Å². The highest BCUT2D eigenvalue weighted by Crippen LogP contribution is 2.29. The Morgan fingerprint density at radius 3 is 1.59 bits per heavy atom. The van der Waals surface area contributed by atoms with Gasteiger partial charge >= 0.3 is 11.9 Å². The zero-order valence-electron chi connectivity index (χ0n) is 12.4. The maximum Gasteiger partial charge on any atom is 0.356 e. The molecule has 0 amide bonds. The monoisotopic (exact) mass is 304 g/mol. The van der Waals surface area contributed by atoms with Gasteiger partial charge in [-0.25, -0.2) is 4.79 Å². The maximum atomic E-state index is 11.3. The molecular weight excluding hydrogens is 284 g/mol. The van der Waals surface area contributed by atoms with Crippen molar-refractivity contribution in [3.05, 3.63) is 72.9 Å². The lowest BCUT2D eigenvalue weighted by molar-refractivity contribution is -0.144. The first-order valence-corrected chi connectivity index (χ1v) is 6.12. The van der Waals surface area contributed by atoms with Gasteiger partial charge in [0.1, 0.15) is 0 Å². The summed E-state index contributed by atoms with van der Waals surface area (Å²) in [5.74, 6) is 8.14. The van der Waals surface area contributed by atoms with E-state index in [2.05, 4.69) is 49.1 Å². The molecule has 0 aliphatic rings. The summed E-state index contributed by atoms with van der Waals surface area (Å²) in [6.45, 7) is 22.5. The smallest absolute Gasteiger partial charge is 0.356 e. The zero-order valence-corrected chi connectivity index (χ0v) is 12.4. The van der Waals surface area contributed by atoms with E-state index in [1.54, 1.807) is 0 Å². The van der Waals surface area contributed by atoms with Crippen LogP contribution in [0.4, 0.5) is 0 Å². The van der Waals surface area contributed by atoms with Gasteiger partial charge in [0.25, 0.3) is 0 Å². The summed E-state index contributed by atoms with van der Waals surface area (Å²) < 4.78 is 0. The summed E-state index contributed by atoms with van der Waals surface area (Å²) in [5, 5.41) is 0. The van der Waals surface area contributed by atoms with Gasteiger partial charge in [0.05, 0.1) is 12.0 Å². The number of hydrogen-bond donors (Lipinski definition) is 2.